The van der Waals surface area contributed by atoms with E-state index >= 15 is 0 Å². The second-order valence-electron chi connectivity index (χ2n) is 6.30. The molecule has 0 saturated carbocycles. The van der Waals surface area contributed by atoms with Crippen molar-refractivity contribution in [2.75, 3.05) is 19.8 Å². The molecule has 3 heterocycles. The molecule has 0 aliphatic carbocycles. The van der Waals surface area contributed by atoms with Gasteiger partial charge in [-0.1, -0.05) is 0 Å². The van der Waals surface area contributed by atoms with Crippen LogP contribution in [0.25, 0.3) is 0 Å². The van der Waals surface area contributed by atoms with Crippen molar-refractivity contribution in [1.82, 2.24) is 9.78 Å². The third-order valence-corrected chi connectivity index (χ3v) is 4.72. The van der Waals surface area contributed by atoms with E-state index in [1.54, 1.807) is 0 Å². The van der Waals surface area contributed by atoms with E-state index < -0.39 is 0 Å². The third kappa shape index (κ3) is 2.28. The lowest BCUT2D eigenvalue weighted by Gasteiger charge is -2.37. The molecule has 0 aromatic carbocycles. The average Bonchev–Trinajstić information content (AvgIpc) is 2.95. The molecule has 3 atom stereocenters. The zero-order valence-corrected chi connectivity index (χ0v) is 12.7. The number of nitrogens with zero attached hydrogens (tertiary/aromatic N) is 2. The van der Waals surface area contributed by atoms with Gasteiger partial charge < -0.3 is 15.2 Å². The largest absolute Gasteiger partial charge is 0.378 e. The Morgan fingerprint density at radius 3 is 2.80 bits per heavy atom. The molecule has 0 radical (unpaired) electrons. The molecule has 112 valence electrons. The first kappa shape index (κ1) is 14.0. The maximum absolute atomic E-state index is 6.08. The van der Waals surface area contributed by atoms with Crippen molar-refractivity contribution in [3.63, 3.8) is 0 Å². The van der Waals surface area contributed by atoms with Crippen molar-refractivity contribution in [1.29, 1.82) is 0 Å². The Bertz CT molecular complexity index is 490. The second kappa shape index (κ2) is 5.13. The molecular weight excluding hydrogens is 254 g/mol. The van der Waals surface area contributed by atoms with E-state index in [1.807, 2.05) is 6.92 Å². The summed E-state index contributed by atoms with van der Waals surface area (Å²) in [6.45, 7) is 8.54. The predicted molar refractivity (Wildman–Crippen MR) is 76.7 cm³/mol. The number of aromatic nitrogens is 2. The van der Waals surface area contributed by atoms with Crippen molar-refractivity contribution >= 4 is 0 Å². The molecule has 2 saturated heterocycles. The van der Waals surface area contributed by atoms with Crippen molar-refractivity contribution < 1.29 is 9.47 Å². The number of hydrogen-bond donors (Lipinski definition) is 1. The lowest BCUT2D eigenvalue weighted by atomic mass is 9.89. The molecule has 2 aliphatic rings. The normalized spacial score (nSPS) is 31.9. The fourth-order valence-electron chi connectivity index (χ4n) is 3.76. The Balaban J connectivity index is 1.87. The van der Waals surface area contributed by atoms with Crippen LogP contribution in [0.5, 0.6) is 0 Å². The highest BCUT2D eigenvalue weighted by atomic mass is 16.6. The van der Waals surface area contributed by atoms with Gasteiger partial charge in [-0.15, -0.1) is 0 Å². The summed E-state index contributed by atoms with van der Waals surface area (Å²) >= 11 is 0. The maximum atomic E-state index is 6.08. The molecule has 1 aromatic rings. The summed E-state index contributed by atoms with van der Waals surface area (Å²) in [6.07, 6.45) is 3.01. The fourth-order valence-corrected chi connectivity index (χ4v) is 3.76. The molecule has 2 N–H and O–H groups in total. The molecule has 3 rings (SSSR count). The van der Waals surface area contributed by atoms with Crippen LogP contribution in [0.1, 0.15) is 55.2 Å². The quantitative estimate of drug-likeness (QED) is 0.899. The van der Waals surface area contributed by atoms with E-state index in [9.17, 15) is 0 Å². The number of hydrogen-bond acceptors (Lipinski definition) is 4. The van der Waals surface area contributed by atoms with Gasteiger partial charge in [0.15, 0.2) is 0 Å². The minimum Gasteiger partial charge on any atom is -0.378 e. The highest BCUT2D eigenvalue weighted by Gasteiger charge is 2.42. The molecule has 2 fully saturated rings. The first-order valence-electron chi connectivity index (χ1n) is 7.55. The number of aryl methyl sites for hydroxylation is 1. The van der Waals surface area contributed by atoms with Crippen LogP contribution in [-0.2, 0) is 9.47 Å². The Hall–Kier alpha value is -0.910. The van der Waals surface area contributed by atoms with E-state index in [2.05, 4.69) is 18.5 Å². The Morgan fingerprint density at radius 2 is 2.20 bits per heavy atom. The smallest absolute Gasteiger partial charge is 0.0957 e. The topological polar surface area (TPSA) is 62.3 Å². The first-order valence-corrected chi connectivity index (χ1v) is 7.55. The van der Waals surface area contributed by atoms with Crippen LogP contribution in [0.2, 0.25) is 0 Å². The van der Waals surface area contributed by atoms with Gasteiger partial charge in [-0.2, -0.15) is 5.10 Å². The molecule has 2 aliphatic heterocycles. The van der Waals surface area contributed by atoms with Gasteiger partial charge in [-0.05, 0) is 27.2 Å². The zero-order valence-electron chi connectivity index (χ0n) is 12.7. The van der Waals surface area contributed by atoms with Gasteiger partial charge >= 0.3 is 0 Å². The summed E-state index contributed by atoms with van der Waals surface area (Å²) in [5, 5.41) is 4.75. The van der Waals surface area contributed by atoms with Crippen molar-refractivity contribution in [2.24, 2.45) is 5.73 Å². The zero-order chi connectivity index (χ0) is 14.3. The van der Waals surface area contributed by atoms with Crippen LogP contribution in [0.3, 0.4) is 0 Å². The standard InChI is InChI=1S/C15H25N3O2/c1-10(16)14-11(2)17-18(12(14)3)13-4-6-20-15(8-13)5-7-19-9-15/h10,13H,4-9,16H2,1-3H3. The van der Waals surface area contributed by atoms with Crippen LogP contribution in [-0.4, -0.2) is 35.2 Å². The Kier molecular flexibility index (Phi) is 3.60. The molecule has 1 aromatic heterocycles. The van der Waals surface area contributed by atoms with Gasteiger partial charge in [0.25, 0.3) is 0 Å². The van der Waals surface area contributed by atoms with Gasteiger partial charge in [0, 0.05) is 43.4 Å². The van der Waals surface area contributed by atoms with Crippen LogP contribution < -0.4 is 5.73 Å². The fraction of sp³-hybridized carbons (Fsp3) is 0.800. The molecule has 5 nitrogen and oxygen atoms in total. The van der Waals surface area contributed by atoms with Gasteiger partial charge in [-0.3, -0.25) is 4.68 Å². The van der Waals surface area contributed by atoms with Crippen LogP contribution >= 0.6 is 0 Å². The van der Waals surface area contributed by atoms with Gasteiger partial charge in [0.1, 0.15) is 0 Å². The van der Waals surface area contributed by atoms with Gasteiger partial charge in [0.2, 0.25) is 0 Å². The van der Waals surface area contributed by atoms with E-state index in [0.717, 1.165) is 44.8 Å². The second-order valence-corrected chi connectivity index (χ2v) is 6.30. The number of rotatable bonds is 2. The summed E-state index contributed by atoms with van der Waals surface area (Å²) in [6, 6.07) is 0.434. The summed E-state index contributed by atoms with van der Waals surface area (Å²) in [4.78, 5) is 0. The van der Waals surface area contributed by atoms with E-state index in [0.29, 0.717) is 6.04 Å². The Morgan fingerprint density at radius 1 is 1.40 bits per heavy atom. The van der Waals surface area contributed by atoms with Crippen molar-refractivity contribution in [3.8, 4) is 0 Å². The van der Waals surface area contributed by atoms with Crippen LogP contribution in [0.4, 0.5) is 0 Å². The minimum absolute atomic E-state index is 0.0346. The predicted octanol–water partition coefficient (Wildman–Crippen LogP) is 2.03. The monoisotopic (exact) mass is 279 g/mol. The average molecular weight is 279 g/mol. The number of nitrogens with two attached hydrogens (primary N) is 1. The van der Waals surface area contributed by atoms with Gasteiger partial charge in [-0.25, -0.2) is 0 Å². The SMILES string of the molecule is Cc1nn(C2CCOC3(CCOC3)C2)c(C)c1C(C)N. The lowest BCUT2D eigenvalue weighted by molar-refractivity contribution is -0.0965. The summed E-state index contributed by atoms with van der Waals surface area (Å²) in [5.74, 6) is 0. The van der Waals surface area contributed by atoms with Crippen molar-refractivity contribution in [3.05, 3.63) is 17.0 Å². The molecule has 20 heavy (non-hydrogen) atoms. The maximum Gasteiger partial charge on any atom is 0.0957 e. The highest BCUT2D eigenvalue weighted by Crippen LogP contribution is 2.39. The highest BCUT2D eigenvalue weighted by molar-refractivity contribution is 5.28. The van der Waals surface area contributed by atoms with E-state index in [-0.39, 0.29) is 11.6 Å². The minimum atomic E-state index is -0.0797. The molecule has 0 bridgehead atoms. The molecular formula is C15H25N3O2. The summed E-state index contributed by atoms with van der Waals surface area (Å²) in [5.41, 5.74) is 9.45. The molecule has 1 spiro atoms. The summed E-state index contributed by atoms with van der Waals surface area (Å²) < 4.78 is 13.7. The van der Waals surface area contributed by atoms with E-state index in [4.69, 9.17) is 20.3 Å². The first-order chi connectivity index (χ1) is 9.52. The van der Waals surface area contributed by atoms with Crippen LogP contribution in [0, 0.1) is 13.8 Å². The van der Waals surface area contributed by atoms with E-state index in [1.165, 1.54) is 11.3 Å². The Labute approximate surface area is 120 Å². The molecule has 3 unspecified atom stereocenters. The van der Waals surface area contributed by atoms with Crippen molar-refractivity contribution in [2.45, 2.75) is 57.7 Å². The molecule has 0 amide bonds. The van der Waals surface area contributed by atoms with Crippen LogP contribution in [0.15, 0.2) is 0 Å². The summed E-state index contributed by atoms with van der Waals surface area (Å²) in [7, 11) is 0. The lowest BCUT2D eigenvalue weighted by Crippen LogP contribution is -2.41. The molecule has 5 heteroatoms. The third-order valence-electron chi connectivity index (χ3n) is 4.72. The van der Waals surface area contributed by atoms with Gasteiger partial charge in [0.05, 0.1) is 23.9 Å². The number of ether oxygens (including phenoxy) is 2.